The van der Waals surface area contributed by atoms with Crippen LogP contribution in [0.15, 0.2) is 28.7 Å². The molecule has 0 spiro atoms. The minimum absolute atomic E-state index is 0.319. The Hall–Kier alpha value is -1.64. The number of alkyl halides is 4. The minimum atomic E-state index is -4.40. The van der Waals surface area contributed by atoms with Crippen molar-refractivity contribution >= 4 is 33.5 Å². The molecule has 0 unspecified atom stereocenters. The maximum atomic E-state index is 12.5. The Labute approximate surface area is 132 Å². The molecule has 0 aromatic heterocycles. The Morgan fingerprint density at radius 2 is 1.86 bits per heavy atom. The number of rotatable bonds is 7. The predicted molar refractivity (Wildman–Crippen MR) is 73.9 cm³/mol. The highest BCUT2D eigenvalue weighted by molar-refractivity contribution is 9.10. The second kappa shape index (κ2) is 8.11. The molecule has 0 fully saturated rings. The first-order chi connectivity index (χ1) is 10.2. The van der Waals surface area contributed by atoms with E-state index < -0.39 is 37.3 Å². The SMILES string of the molecule is O=C(CCC(=O)OCC(F)(F)C(F)F)Nc1ccccc1Br. The molecule has 0 aliphatic heterocycles. The Balaban J connectivity index is 2.35. The van der Waals surface area contributed by atoms with Crippen LogP contribution in [0.2, 0.25) is 0 Å². The van der Waals surface area contributed by atoms with Crippen LogP contribution in [0.1, 0.15) is 12.8 Å². The molecular formula is C13H12BrF4NO3. The monoisotopic (exact) mass is 385 g/mol. The Kier molecular flexibility index (Phi) is 6.79. The zero-order valence-corrected chi connectivity index (χ0v) is 12.7. The summed E-state index contributed by atoms with van der Waals surface area (Å²) < 4.78 is 53.4. The summed E-state index contributed by atoms with van der Waals surface area (Å²) in [6, 6.07) is 6.72. The van der Waals surface area contributed by atoms with Crippen molar-refractivity contribution in [2.24, 2.45) is 0 Å². The van der Waals surface area contributed by atoms with Gasteiger partial charge in [-0.3, -0.25) is 9.59 Å². The number of anilines is 1. The molecule has 1 amide bonds. The summed E-state index contributed by atoms with van der Waals surface area (Å²) in [6.07, 6.45) is -4.73. The van der Waals surface area contributed by atoms with Crippen molar-refractivity contribution in [2.75, 3.05) is 11.9 Å². The molecule has 1 aromatic carbocycles. The van der Waals surface area contributed by atoms with Gasteiger partial charge in [-0.05, 0) is 28.1 Å². The van der Waals surface area contributed by atoms with Crippen LogP contribution < -0.4 is 5.32 Å². The van der Waals surface area contributed by atoms with Gasteiger partial charge in [0.15, 0.2) is 6.61 Å². The topological polar surface area (TPSA) is 55.4 Å². The van der Waals surface area contributed by atoms with Crippen LogP contribution in [0, 0.1) is 0 Å². The quantitative estimate of drug-likeness (QED) is 0.576. The van der Waals surface area contributed by atoms with Crippen LogP contribution in [-0.2, 0) is 14.3 Å². The molecule has 1 rings (SSSR count). The van der Waals surface area contributed by atoms with Crippen molar-refractivity contribution in [1.82, 2.24) is 0 Å². The Bertz CT molecular complexity index is 540. The molecule has 0 aliphatic rings. The lowest BCUT2D eigenvalue weighted by Gasteiger charge is -2.14. The Morgan fingerprint density at radius 3 is 2.45 bits per heavy atom. The zero-order valence-electron chi connectivity index (χ0n) is 11.1. The van der Waals surface area contributed by atoms with E-state index in [2.05, 4.69) is 26.0 Å². The highest BCUT2D eigenvalue weighted by Crippen LogP contribution is 2.23. The Morgan fingerprint density at radius 1 is 1.23 bits per heavy atom. The second-order valence-electron chi connectivity index (χ2n) is 4.25. The molecule has 0 atom stereocenters. The third-order valence-corrected chi connectivity index (χ3v) is 3.14. The molecule has 4 nitrogen and oxygen atoms in total. The van der Waals surface area contributed by atoms with Crippen molar-refractivity contribution in [1.29, 1.82) is 0 Å². The standard InChI is InChI=1S/C13H12BrF4NO3/c14-8-3-1-2-4-9(8)19-10(20)5-6-11(21)22-7-13(17,18)12(15)16/h1-4,12H,5-7H2,(H,19,20). The fraction of sp³-hybridized carbons (Fsp3) is 0.385. The number of halogens is 5. The van der Waals surface area contributed by atoms with Gasteiger partial charge in [-0.25, -0.2) is 8.78 Å². The van der Waals surface area contributed by atoms with E-state index in [4.69, 9.17) is 0 Å². The van der Waals surface area contributed by atoms with Gasteiger partial charge in [-0.15, -0.1) is 0 Å². The third kappa shape index (κ3) is 6.00. The van der Waals surface area contributed by atoms with Gasteiger partial charge >= 0.3 is 18.3 Å². The average molecular weight is 386 g/mol. The van der Waals surface area contributed by atoms with Gasteiger partial charge in [0.2, 0.25) is 5.91 Å². The highest BCUT2D eigenvalue weighted by atomic mass is 79.9. The molecule has 0 bridgehead atoms. The summed E-state index contributed by atoms with van der Waals surface area (Å²) in [5.74, 6) is -6.08. The molecule has 22 heavy (non-hydrogen) atoms. The molecule has 0 aliphatic carbocycles. The summed E-state index contributed by atoms with van der Waals surface area (Å²) in [5, 5.41) is 2.49. The normalized spacial score (nSPS) is 11.4. The van der Waals surface area contributed by atoms with Crippen molar-refractivity contribution in [3.8, 4) is 0 Å². The summed E-state index contributed by atoms with van der Waals surface area (Å²) in [7, 11) is 0. The second-order valence-corrected chi connectivity index (χ2v) is 5.10. The van der Waals surface area contributed by atoms with E-state index in [9.17, 15) is 27.2 Å². The van der Waals surface area contributed by atoms with Crippen LogP contribution in [0.3, 0.4) is 0 Å². The molecule has 9 heteroatoms. The van der Waals surface area contributed by atoms with Crippen LogP contribution >= 0.6 is 15.9 Å². The fourth-order valence-corrected chi connectivity index (χ4v) is 1.69. The van der Waals surface area contributed by atoms with Crippen LogP contribution in [0.5, 0.6) is 0 Å². The van der Waals surface area contributed by atoms with Crippen LogP contribution in [0.4, 0.5) is 23.2 Å². The van der Waals surface area contributed by atoms with Gasteiger partial charge in [0, 0.05) is 10.9 Å². The summed E-state index contributed by atoms with van der Waals surface area (Å²) in [4.78, 5) is 22.7. The van der Waals surface area contributed by atoms with Crippen LogP contribution in [-0.4, -0.2) is 30.8 Å². The van der Waals surface area contributed by atoms with E-state index in [1.165, 1.54) is 0 Å². The molecular weight excluding hydrogens is 374 g/mol. The smallest absolute Gasteiger partial charge is 0.340 e. The van der Waals surface area contributed by atoms with E-state index in [-0.39, 0.29) is 6.42 Å². The van der Waals surface area contributed by atoms with Crippen molar-refractivity contribution < 1.29 is 31.9 Å². The van der Waals surface area contributed by atoms with E-state index in [0.29, 0.717) is 10.2 Å². The minimum Gasteiger partial charge on any atom is -0.459 e. The molecule has 122 valence electrons. The maximum absolute atomic E-state index is 12.5. The van der Waals surface area contributed by atoms with Crippen molar-refractivity contribution in [3.63, 3.8) is 0 Å². The van der Waals surface area contributed by atoms with Gasteiger partial charge in [0.1, 0.15) is 0 Å². The van der Waals surface area contributed by atoms with Crippen molar-refractivity contribution in [3.05, 3.63) is 28.7 Å². The number of carbonyl (C=O) groups is 2. The number of esters is 1. The number of nitrogens with one attached hydrogen (secondary N) is 1. The number of carbonyl (C=O) groups excluding carboxylic acids is 2. The first kappa shape index (κ1) is 18.4. The number of para-hydroxylation sites is 1. The largest absolute Gasteiger partial charge is 0.459 e. The summed E-state index contributed by atoms with van der Waals surface area (Å²) in [6.45, 7) is -1.71. The van der Waals surface area contributed by atoms with Gasteiger partial charge < -0.3 is 10.1 Å². The van der Waals surface area contributed by atoms with E-state index >= 15 is 0 Å². The number of benzene rings is 1. The van der Waals surface area contributed by atoms with Crippen LogP contribution in [0.25, 0.3) is 0 Å². The first-order valence-electron chi connectivity index (χ1n) is 6.08. The third-order valence-electron chi connectivity index (χ3n) is 2.45. The van der Waals surface area contributed by atoms with E-state index in [1.807, 2.05) is 0 Å². The van der Waals surface area contributed by atoms with Crippen molar-refractivity contribution in [2.45, 2.75) is 25.2 Å². The number of hydrogen-bond donors (Lipinski definition) is 1. The van der Waals surface area contributed by atoms with E-state index in [0.717, 1.165) is 0 Å². The van der Waals surface area contributed by atoms with Gasteiger partial charge in [0.25, 0.3) is 0 Å². The van der Waals surface area contributed by atoms with Gasteiger partial charge in [-0.1, -0.05) is 12.1 Å². The predicted octanol–water partition coefficient (Wildman–Crippen LogP) is 3.61. The van der Waals surface area contributed by atoms with E-state index in [1.54, 1.807) is 24.3 Å². The lowest BCUT2D eigenvalue weighted by molar-refractivity contribution is -0.179. The lowest BCUT2D eigenvalue weighted by atomic mass is 10.2. The number of hydrogen-bond acceptors (Lipinski definition) is 3. The molecule has 1 N–H and O–H groups in total. The highest BCUT2D eigenvalue weighted by Gasteiger charge is 2.42. The zero-order chi connectivity index (χ0) is 16.8. The van der Waals surface area contributed by atoms with Gasteiger partial charge in [-0.2, -0.15) is 8.78 Å². The molecule has 0 saturated carbocycles. The number of amides is 1. The summed E-state index contributed by atoms with van der Waals surface area (Å²) in [5.41, 5.74) is 0.477. The average Bonchev–Trinajstić information content (AvgIpc) is 2.45. The van der Waals surface area contributed by atoms with Gasteiger partial charge in [0.05, 0.1) is 12.1 Å². The molecule has 0 saturated heterocycles. The maximum Gasteiger partial charge on any atom is 0.340 e. The molecule has 0 radical (unpaired) electrons. The first-order valence-corrected chi connectivity index (χ1v) is 6.87. The fourth-order valence-electron chi connectivity index (χ4n) is 1.30. The molecule has 1 aromatic rings. The number of ether oxygens (including phenoxy) is 1. The lowest BCUT2D eigenvalue weighted by Crippen LogP contribution is -2.33. The molecule has 0 heterocycles. The summed E-state index contributed by atoms with van der Waals surface area (Å²) >= 11 is 3.20.